The summed E-state index contributed by atoms with van der Waals surface area (Å²) >= 11 is 0. The summed E-state index contributed by atoms with van der Waals surface area (Å²) in [5.41, 5.74) is 0.664. The van der Waals surface area contributed by atoms with E-state index >= 15 is 0 Å². The van der Waals surface area contributed by atoms with E-state index in [0.717, 1.165) is 0 Å². The van der Waals surface area contributed by atoms with E-state index < -0.39 is 16.3 Å². The number of rotatable bonds is 7. The number of hydrogen-bond acceptors (Lipinski definition) is 6. The van der Waals surface area contributed by atoms with E-state index in [2.05, 4.69) is 9.71 Å². The van der Waals surface area contributed by atoms with Gasteiger partial charge in [0.15, 0.2) is 0 Å². The first-order valence-electron chi connectivity index (χ1n) is 8.50. The van der Waals surface area contributed by atoms with Crippen LogP contribution in [0.1, 0.15) is 17.4 Å². The van der Waals surface area contributed by atoms with Crippen molar-refractivity contribution >= 4 is 10.2 Å². The van der Waals surface area contributed by atoms with Gasteiger partial charge in [0.05, 0.1) is 27.4 Å². The van der Waals surface area contributed by atoms with Gasteiger partial charge in [0.1, 0.15) is 23.4 Å². The summed E-state index contributed by atoms with van der Waals surface area (Å²) in [7, 11) is 1.17. The molecular formula is C17H24N4O5S. The Hall–Kier alpha value is -2.14. The highest BCUT2D eigenvalue weighted by Gasteiger charge is 2.30. The highest BCUT2D eigenvalue weighted by molar-refractivity contribution is 7.87. The Bertz CT molecular complexity index is 855. The molecule has 1 aromatic carbocycles. The molecule has 2 aromatic rings. The zero-order chi connectivity index (χ0) is 19.4. The van der Waals surface area contributed by atoms with Crippen molar-refractivity contribution in [2.75, 3.05) is 40.5 Å². The van der Waals surface area contributed by atoms with Gasteiger partial charge in [0.2, 0.25) is 0 Å². The zero-order valence-corrected chi connectivity index (χ0v) is 16.4. The fourth-order valence-electron chi connectivity index (χ4n) is 2.93. The Morgan fingerprint density at radius 2 is 1.78 bits per heavy atom. The number of imidazole rings is 1. The molecule has 27 heavy (non-hydrogen) atoms. The molecule has 2 heterocycles. The summed E-state index contributed by atoms with van der Waals surface area (Å²) in [4.78, 5) is 4.34. The summed E-state index contributed by atoms with van der Waals surface area (Å²) in [5, 5.41) is 0. The smallest absolute Gasteiger partial charge is 0.280 e. The second-order valence-corrected chi connectivity index (χ2v) is 7.81. The van der Waals surface area contributed by atoms with Gasteiger partial charge in [-0.05, 0) is 17.7 Å². The topological polar surface area (TPSA) is 94.9 Å². The van der Waals surface area contributed by atoms with E-state index in [1.54, 1.807) is 49.4 Å². The number of benzene rings is 1. The molecule has 1 unspecified atom stereocenters. The highest BCUT2D eigenvalue weighted by atomic mass is 32.2. The van der Waals surface area contributed by atoms with Crippen LogP contribution < -0.4 is 14.2 Å². The van der Waals surface area contributed by atoms with Gasteiger partial charge in [-0.1, -0.05) is 0 Å². The lowest BCUT2D eigenvalue weighted by atomic mass is 10.1. The molecule has 0 aliphatic carbocycles. The first kappa shape index (κ1) is 19.6. The molecule has 1 saturated heterocycles. The van der Waals surface area contributed by atoms with Crippen molar-refractivity contribution in [2.45, 2.75) is 6.04 Å². The molecule has 0 amide bonds. The Kier molecular flexibility index (Phi) is 6.00. The molecule has 3 rings (SSSR count). The van der Waals surface area contributed by atoms with Gasteiger partial charge >= 0.3 is 0 Å². The van der Waals surface area contributed by atoms with Crippen LogP contribution in [0.2, 0.25) is 0 Å². The zero-order valence-electron chi connectivity index (χ0n) is 15.6. The molecule has 0 bridgehead atoms. The third kappa shape index (κ3) is 4.41. The number of aromatic nitrogens is 2. The van der Waals surface area contributed by atoms with Crippen molar-refractivity contribution in [2.24, 2.45) is 7.05 Å². The molecule has 1 fully saturated rings. The van der Waals surface area contributed by atoms with E-state index in [1.165, 1.54) is 4.31 Å². The Morgan fingerprint density at radius 1 is 1.15 bits per heavy atom. The number of hydrogen-bond donors (Lipinski definition) is 1. The predicted molar refractivity (Wildman–Crippen MR) is 99.0 cm³/mol. The third-order valence-corrected chi connectivity index (χ3v) is 5.98. The number of nitrogens with zero attached hydrogens (tertiary/aromatic N) is 3. The largest absolute Gasteiger partial charge is 0.497 e. The van der Waals surface area contributed by atoms with Crippen LogP contribution in [0.4, 0.5) is 0 Å². The molecule has 0 spiro atoms. The quantitative estimate of drug-likeness (QED) is 0.740. The highest BCUT2D eigenvalue weighted by Crippen LogP contribution is 2.30. The summed E-state index contributed by atoms with van der Waals surface area (Å²) < 4.78 is 47.7. The van der Waals surface area contributed by atoms with Crippen molar-refractivity contribution in [3.05, 3.63) is 42.0 Å². The van der Waals surface area contributed by atoms with Gasteiger partial charge < -0.3 is 18.8 Å². The lowest BCUT2D eigenvalue weighted by Crippen LogP contribution is -2.48. The van der Waals surface area contributed by atoms with E-state index in [-0.39, 0.29) is 0 Å². The maximum Gasteiger partial charge on any atom is 0.280 e. The standard InChI is InChI=1S/C17H24N4O5S/c1-20-5-4-18-17(20)16(13-10-14(24-2)12-15(11-13)25-3)19-27(22,23)21-6-8-26-9-7-21/h4-5,10-12,16,19H,6-9H2,1-3H3. The first-order valence-corrected chi connectivity index (χ1v) is 9.94. The average Bonchev–Trinajstić information content (AvgIpc) is 3.12. The molecule has 1 aromatic heterocycles. The Labute approximate surface area is 159 Å². The molecule has 1 aliphatic heterocycles. The number of ether oxygens (including phenoxy) is 3. The maximum atomic E-state index is 12.9. The monoisotopic (exact) mass is 396 g/mol. The molecule has 10 heteroatoms. The van der Waals surface area contributed by atoms with Crippen molar-refractivity contribution < 1.29 is 22.6 Å². The van der Waals surface area contributed by atoms with Crippen LogP contribution in [-0.4, -0.2) is 62.8 Å². The minimum atomic E-state index is -3.74. The molecule has 0 radical (unpaired) electrons. The second kappa shape index (κ2) is 8.26. The minimum Gasteiger partial charge on any atom is -0.497 e. The predicted octanol–water partition coefficient (Wildman–Crippen LogP) is 0.693. The summed E-state index contributed by atoms with van der Waals surface area (Å²) in [6, 6.07) is 4.56. The van der Waals surface area contributed by atoms with E-state index in [0.29, 0.717) is 49.2 Å². The van der Waals surface area contributed by atoms with Gasteiger partial charge in [0, 0.05) is 38.6 Å². The van der Waals surface area contributed by atoms with Crippen molar-refractivity contribution in [3.8, 4) is 11.5 Å². The summed E-state index contributed by atoms with van der Waals surface area (Å²) in [6.45, 7) is 1.37. The van der Waals surface area contributed by atoms with Crippen molar-refractivity contribution in [1.82, 2.24) is 18.6 Å². The lowest BCUT2D eigenvalue weighted by Gasteiger charge is -2.29. The van der Waals surface area contributed by atoms with Crippen LogP contribution in [0.15, 0.2) is 30.6 Å². The van der Waals surface area contributed by atoms with E-state index in [1.807, 2.05) is 7.05 Å². The number of morpholine rings is 1. The fourth-order valence-corrected chi connectivity index (χ4v) is 4.25. The SMILES string of the molecule is COc1cc(OC)cc(C(NS(=O)(=O)N2CCOCC2)c2nccn2C)c1. The van der Waals surface area contributed by atoms with Crippen LogP contribution in [0, 0.1) is 0 Å². The third-order valence-electron chi connectivity index (χ3n) is 4.40. The summed E-state index contributed by atoms with van der Waals surface area (Å²) in [5.74, 6) is 1.69. The number of methoxy groups -OCH3 is 2. The van der Waals surface area contributed by atoms with Crippen molar-refractivity contribution in [3.63, 3.8) is 0 Å². The molecule has 1 atom stereocenters. The van der Waals surface area contributed by atoms with Crippen LogP contribution in [0.5, 0.6) is 11.5 Å². The lowest BCUT2D eigenvalue weighted by molar-refractivity contribution is 0.0723. The summed E-state index contributed by atoms with van der Waals surface area (Å²) in [6.07, 6.45) is 3.39. The molecular weight excluding hydrogens is 372 g/mol. The first-order chi connectivity index (χ1) is 12.9. The van der Waals surface area contributed by atoms with E-state index in [9.17, 15) is 8.42 Å². The van der Waals surface area contributed by atoms with Crippen molar-refractivity contribution in [1.29, 1.82) is 0 Å². The molecule has 148 valence electrons. The normalized spacial score (nSPS) is 16.9. The maximum absolute atomic E-state index is 12.9. The molecule has 1 aliphatic rings. The van der Waals surface area contributed by atoms with Gasteiger partial charge in [-0.25, -0.2) is 4.98 Å². The second-order valence-electron chi connectivity index (χ2n) is 6.11. The Morgan fingerprint density at radius 3 is 2.30 bits per heavy atom. The molecule has 9 nitrogen and oxygen atoms in total. The fraction of sp³-hybridized carbons (Fsp3) is 0.471. The van der Waals surface area contributed by atoms with Gasteiger partial charge in [-0.2, -0.15) is 17.4 Å². The van der Waals surface area contributed by atoms with Crippen LogP contribution in [-0.2, 0) is 22.0 Å². The molecule has 0 saturated carbocycles. The van der Waals surface area contributed by atoms with Gasteiger partial charge in [0.25, 0.3) is 10.2 Å². The van der Waals surface area contributed by atoms with Crippen LogP contribution >= 0.6 is 0 Å². The Balaban J connectivity index is 2.01. The van der Waals surface area contributed by atoms with Gasteiger partial charge in [-0.3, -0.25) is 0 Å². The van der Waals surface area contributed by atoms with Crippen LogP contribution in [0.25, 0.3) is 0 Å². The molecule has 1 N–H and O–H groups in total. The van der Waals surface area contributed by atoms with Crippen LogP contribution in [0.3, 0.4) is 0 Å². The average molecular weight is 396 g/mol. The van der Waals surface area contributed by atoms with E-state index in [4.69, 9.17) is 14.2 Å². The van der Waals surface area contributed by atoms with Gasteiger partial charge in [-0.15, -0.1) is 0 Å². The number of nitrogens with one attached hydrogen (secondary N) is 1. The number of aryl methyl sites for hydroxylation is 1. The minimum absolute atomic E-state index is 0.310.